The van der Waals surface area contributed by atoms with E-state index in [1.54, 1.807) is 35.2 Å². The zero-order chi connectivity index (χ0) is 20.8. The minimum absolute atomic E-state index is 0.0926. The number of esters is 1. The molecule has 2 aromatic carbocycles. The quantitative estimate of drug-likeness (QED) is 0.695. The van der Waals surface area contributed by atoms with Crippen molar-refractivity contribution in [1.29, 1.82) is 0 Å². The van der Waals surface area contributed by atoms with Crippen LogP contribution in [0.3, 0.4) is 0 Å². The number of hydrogen-bond acceptors (Lipinski definition) is 5. The largest absolute Gasteiger partial charge is 0.460 e. The molecule has 1 aliphatic heterocycles. The van der Waals surface area contributed by atoms with Crippen LogP contribution in [0.4, 0.5) is 4.39 Å². The van der Waals surface area contributed by atoms with Crippen molar-refractivity contribution in [2.24, 2.45) is 0 Å². The molecule has 0 saturated carbocycles. The minimum Gasteiger partial charge on any atom is -0.460 e. The van der Waals surface area contributed by atoms with Gasteiger partial charge in [0.05, 0.1) is 17.6 Å². The van der Waals surface area contributed by atoms with E-state index in [4.69, 9.17) is 4.74 Å². The number of halogens is 1. The molecule has 29 heavy (non-hydrogen) atoms. The van der Waals surface area contributed by atoms with Crippen LogP contribution in [0.2, 0.25) is 0 Å². The van der Waals surface area contributed by atoms with Gasteiger partial charge in [0.15, 0.2) is 0 Å². The van der Waals surface area contributed by atoms with Crippen molar-refractivity contribution >= 4 is 11.9 Å². The Morgan fingerprint density at radius 3 is 2.31 bits per heavy atom. The molecule has 1 amide bonds. The summed E-state index contributed by atoms with van der Waals surface area (Å²) >= 11 is 0. The van der Waals surface area contributed by atoms with Crippen molar-refractivity contribution in [2.75, 3.05) is 13.7 Å². The number of aliphatic hydroxyl groups excluding tert-OH is 1. The molecule has 154 valence electrons. The van der Waals surface area contributed by atoms with E-state index in [0.717, 1.165) is 5.56 Å². The number of carbonyl (C=O) groups excluding carboxylic acids is 2. The molecule has 0 aliphatic carbocycles. The first-order valence-electron chi connectivity index (χ1n) is 9.56. The topological polar surface area (TPSA) is 78.9 Å². The first-order valence-corrected chi connectivity index (χ1v) is 9.56. The van der Waals surface area contributed by atoms with Crippen LogP contribution in [-0.4, -0.2) is 59.9 Å². The zero-order valence-electron chi connectivity index (χ0n) is 16.2. The molecule has 4 atom stereocenters. The van der Waals surface area contributed by atoms with Gasteiger partial charge in [-0.1, -0.05) is 48.5 Å². The molecule has 1 fully saturated rings. The fraction of sp³-hybridized carbons (Fsp3) is 0.364. The number of benzene rings is 2. The van der Waals surface area contributed by atoms with Crippen LogP contribution in [0.5, 0.6) is 0 Å². The van der Waals surface area contributed by atoms with E-state index in [0.29, 0.717) is 12.1 Å². The lowest BCUT2D eigenvalue weighted by atomic mass is 10.1. The average molecular weight is 400 g/mol. The Hall–Kier alpha value is -2.77. The maximum Gasteiger partial charge on any atom is 0.338 e. The second-order valence-electron chi connectivity index (χ2n) is 7.07. The monoisotopic (exact) mass is 400 g/mol. The maximum absolute atomic E-state index is 14.9. The van der Waals surface area contributed by atoms with E-state index in [9.17, 15) is 19.1 Å². The SMILES string of the molecule is CNC(=O)C[C@@H]1[C@@H](F)[C@H](O)[C@@H](COC(=O)c2ccccc2)N1Cc1ccccc1. The highest BCUT2D eigenvalue weighted by Crippen LogP contribution is 2.32. The van der Waals surface area contributed by atoms with Gasteiger partial charge in [-0.25, -0.2) is 9.18 Å². The van der Waals surface area contributed by atoms with Crippen LogP contribution in [0.15, 0.2) is 60.7 Å². The van der Waals surface area contributed by atoms with Gasteiger partial charge in [-0.05, 0) is 17.7 Å². The van der Waals surface area contributed by atoms with Gasteiger partial charge in [0.1, 0.15) is 18.9 Å². The first kappa shape index (κ1) is 21.0. The second-order valence-corrected chi connectivity index (χ2v) is 7.07. The van der Waals surface area contributed by atoms with Gasteiger partial charge in [-0.2, -0.15) is 0 Å². The number of alkyl halides is 1. The van der Waals surface area contributed by atoms with Crippen LogP contribution < -0.4 is 5.32 Å². The molecule has 1 aliphatic rings. The predicted molar refractivity (Wildman–Crippen MR) is 106 cm³/mol. The Bertz CT molecular complexity index is 818. The third kappa shape index (κ3) is 4.99. The van der Waals surface area contributed by atoms with E-state index in [-0.39, 0.29) is 18.9 Å². The first-order chi connectivity index (χ1) is 14.0. The molecule has 1 saturated heterocycles. The molecule has 2 aromatic rings. The number of aliphatic hydroxyl groups is 1. The second kappa shape index (κ2) is 9.62. The Labute approximate surface area is 169 Å². The van der Waals surface area contributed by atoms with E-state index in [1.807, 2.05) is 30.3 Å². The highest BCUT2D eigenvalue weighted by molar-refractivity contribution is 5.89. The van der Waals surface area contributed by atoms with Crippen LogP contribution >= 0.6 is 0 Å². The van der Waals surface area contributed by atoms with Gasteiger partial charge in [0, 0.05) is 20.0 Å². The summed E-state index contributed by atoms with van der Waals surface area (Å²) in [5, 5.41) is 13.0. The molecular weight excluding hydrogens is 375 g/mol. The molecule has 1 heterocycles. The molecular formula is C22H25FN2O4. The number of nitrogens with one attached hydrogen (secondary N) is 1. The smallest absolute Gasteiger partial charge is 0.338 e. The lowest BCUT2D eigenvalue weighted by Gasteiger charge is -2.29. The van der Waals surface area contributed by atoms with Crippen LogP contribution in [0, 0.1) is 0 Å². The molecule has 0 radical (unpaired) electrons. The normalized spacial score (nSPS) is 24.2. The summed E-state index contributed by atoms with van der Waals surface area (Å²) < 4.78 is 20.3. The van der Waals surface area contributed by atoms with Crippen LogP contribution in [0.25, 0.3) is 0 Å². The molecule has 3 rings (SSSR count). The number of amides is 1. The van der Waals surface area contributed by atoms with Crippen molar-refractivity contribution in [3.05, 3.63) is 71.8 Å². The van der Waals surface area contributed by atoms with Crippen LogP contribution in [0.1, 0.15) is 22.3 Å². The van der Waals surface area contributed by atoms with Gasteiger partial charge in [-0.15, -0.1) is 0 Å². The Morgan fingerprint density at radius 1 is 1.07 bits per heavy atom. The summed E-state index contributed by atoms with van der Waals surface area (Å²) in [5.74, 6) is -0.854. The number of rotatable bonds is 7. The van der Waals surface area contributed by atoms with Gasteiger partial charge >= 0.3 is 5.97 Å². The van der Waals surface area contributed by atoms with E-state index < -0.39 is 30.3 Å². The number of ether oxygens (including phenoxy) is 1. The summed E-state index contributed by atoms with van der Waals surface area (Å²) in [4.78, 5) is 25.9. The molecule has 0 unspecified atom stereocenters. The number of carbonyl (C=O) groups is 2. The third-order valence-electron chi connectivity index (χ3n) is 5.22. The van der Waals surface area contributed by atoms with Crippen LogP contribution in [-0.2, 0) is 16.1 Å². The van der Waals surface area contributed by atoms with Gasteiger partial charge in [0.25, 0.3) is 0 Å². The predicted octanol–water partition coefficient (Wildman–Crippen LogP) is 1.93. The molecule has 2 N–H and O–H groups in total. The summed E-state index contributed by atoms with van der Waals surface area (Å²) in [6, 6.07) is 16.3. The van der Waals surface area contributed by atoms with Crippen molar-refractivity contribution in [3.63, 3.8) is 0 Å². The van der Waals surface area contributed by atoms with E-state index >= 15 is 0 Å². The Morgan fingerprint density at radius 2 is 1.69 bits per heavy atom. The molecule has 0 bridgehead atoms. The lowest BCUT2D eigenvalue weighted by Crippen LogP contribution is -2.43. The minimum atomic E-state index is -1.63. The van der Waals surface area contributed by atoms with Gasteiger partial charge < -0.3 is 15.2 Å². The Kier molecular flexibility index (Phi) is 6.95. The number of nitrogens with zero attached hydrogens (tertiary/aromatic N) is 1. The number of likely N-dealkylation sites (tertiary alicyclic amines) is 1. The van der Waals surface area contributed by atoms with Gasteiger partial charge in [0.2, 0.25) is 5.91 Å². The van der Waals surface area contributed by atoms with Gasteiger partial charge in [-0.3, -0.25) is 9.69 Å². The summed E-state index contributed by atoms with van der Waals surface area (Å²) in [6.45, 7) is 0.153. The Balaban J connectivity index is 1.77. The molecule has 0 aromatic heterocycles. The molecule has 7 heteroatoms. The fourth-order valence-electron chi connectivity index (χ4n) is 3.63. The van der Waals surface area contributed by atoms with E-state index in [2.05, 4.69) is 5.32 Å². The van der Waals surface area contributed by atoms with Crippen molar-refractivity contribution in [2.45, 2.75) is 37.3 Å². The summed E-state index contributed by atoms with van der Waals surface area (Å²) in [6.07, 6.45) is -3.08. The maximum atomic E-state index is 14.9. The zero-order valence-corrected chi connectivity index (χ0v) is 16.2. The molecule has 6 nitrogen and oxygen atoms in total. The number of hydrogen-bond donors (Lipinski definition) is 2. The van der Waals surface area contributed by atoms with E-state index in [1.165, 1.54) is 7.05 Å². The highest BCUT2D eigenvalue weighted by Gasteiger charge is 2.49. The summed E-state index contributed by atoms with van der Waals surface area (Å²) in [7, 11) is 1.49. The van der Waals surface area contributed by atoms with Crippen molar-refractivity contribution in [3.8, 4) is 0 Å². The highest BCUT2D eigenvalue weighted by atomic mass is 19.1. The van der Waals surface area contributed by atoms with Crippen molar-refractivity contribution in [1.82, 2.24) is 10.2 Å². The molecule has 0 spiro atoms. The standard InChI is InChI=1S/C22H25FN2O4/c1-24-19(26)12-17-20(23)21(27)18(25(17)13-15-8-4-2-5-9-15)14-29-22(28)16-10-6-3-7-11-16/h2-11,17-18,20-21,27H,12-14H2,1H3,(H,24,26)/t17-,18-,20-,21-/m1/s1. The van der Waals surface area contributed by atoms with Crippen molar-refractivity contribution < 1.29 is 23.8 Å². The third-order valence-corrected chi connectivity index (χ3v) is 5.22. The average Bonchev–Trinajstić information content (AvgIpc) is 2.97. The fourth-order valence-corrected chi connectivity index (χ4v) is 3.63. The lowest BCUT2D eigenvalue weighted by molar-refractivity contribution is -0.122. The summed E-state index contributed by atoms with van der Waals surface area (Å²) in [5.41, 5.74) is 1.29.